The quantitative estimate of drug-likeness (QED) is 0.816. The highest BCUT2D eigenvalue weighted by atomic mass is 35.5. The molecule has 1 aromatic heterocycles. The molecule has 0 amide bonds. The Morgan fingerprint density at radius 2 is 2.19 bits per heavy atom. The van der Waals surface area contributed by atoms with Gasteiger partial charge in [-0.3, -0.25) is 4.68 Å². The molecule has 0 fully saturated rings. The SMILES string of the molecule is COCCn1cc(-c2ccccc2Cl)cn1. The van der Waals surface area contributed by atoms with E-state index >= 15 is 0 Å². The smallest absolute Gasteiger partial charge is 0.0658 e. The summed E-state index contributed by atoms with van der Waals surface area (Å²) in [5, 5.41) is 4.99. The van der Waals surface area contributed by atoms with E-state index in [-0.39, 0.29) is 0 Å². The number of benzene rings is 1. The van der Waals surface area contributed by atoms with Crippen molar-refractivity contribution in [1.29, 1.82) is 0 Å². The molecule has 1 heterocycles. The van der Waals surface area contributed by atoms with Crippen molar-refractivity contribution in [1.82, 2.24) is 9.78 Å². The zero-order chi connectivity index (χ0) is 11.4. The molecule has 84 valence electrons. The molecule has 0 aliphatic heterocycles. The largest absolute Gasteiger partial charge is 0.383 e. The number of nitrogens with zero attached hydrogens (tertiary/aromatic N) is 2. The summed E-state index contributed by atoms with van der Waals surface area (Å²) in [6.07, 6.45) is 3.79. The third kappa shape index (κ3) is 2.43. The molecule has 0 unspecified atom stereocenters. The number of hydrogen-bond acceptors (Lipinski definition) is 2. The molecule has 0 N–H and O–H groups in total. The van der Waals surface area contributed by atoms with Gasteiger partial charge in [-0.15, -0.1) is 0 Å². The molecule has 0 bridgehead atoms. The van der Waals surface area contributed by atoms with Crippen molar-refractivity contribution >= 4 is 11.6 Å². The first-order valence-electron chi connectivity index (χ1n) is 5.07. The van der Waals surface area contributed by atoms with Crippen molar-refractivity contribution < 1.29 is 4.74 Å². The molecule has 1 aromatic carbocycles. The standard InChI is InChI=1S/C12H13ClN2O/c1-16-7-6-15-9-10(8-14-15)11-4-2-3-5-12(11)13/h2-5,8-9H,6-7H2,1H3. The fourth-order valence-electron chi connectivity index (χ4n) is 1.51. The first-order chi connectivity index (χ1) is 7.81. The first kappa shape index (κ1) is 11.2. The van der Waals surface area contributed by atoms with Crippen LogP contribution >= 0.6 is 11.6 Å². The van der Waals surface area contributed by atoms with Crippen LogP contribution in [0, 0.1) is 0 Å². The summed E-state index contributed by atoms with van der Waals surface area (Å²) in [4.78, 5) is 0. The molecule has 0 atom stereocenters. The minimum atomic E-state index is 0.656. The van der Waals surface area contributed by atoms with Crippen LogP contribution in [0.15, 0.2) is 36.7 Å². The Morgan fingerprint density at radius 3 is 2.94 bits per heavy atom. The van der Waals surface area contributed by atoms with Gasteiger partial charge in [-0.1, -0.05) is 29.8 Å². The Labute approximate surface area is 99.6 Å². The highest BCUT2D eigenvalue weighted by Crippen LogP contribution is 2.26. The summed E-state index contributed by atoms with van der Waals surface area (Å²) in [5.74, 6) is 0. The molecule has 16 heavy (non-hydrogen) atoms. The van der Waals surface area contributed by atoms with Crippen LogP contribution in [0.5, 0.6) is 0 Å². The predicted molar refractivity (Wildman–Crippen MR) is 64.5 cm³/mol. The second-order valence-electron chi connectivity index (χ2n) is 3.46. The molecular weight excluding hydrogens is 224 g/mol. The average Bonchev–Trinajstić information content (AvgIpc) is 2.75. The molecule has 0 saturated carbocycles. The zero-order valence-electron chi connectivity index (χ0n) is 9.06. The zero-order valence-corrected chi connectivity index (χ0v) is 9.81. The Morgan fingerprint density at radius 1 is 1.38 bits per heavy atom. The Kier molecular flexibility index (Phi) is 3.59. The van der Waals surface area contributed by atoms with E-state index in [1.54, 1.807) is 7.11 Å². The van der Waals surface area contributed by atoms with Gasteiger partial charge in [0.1, 0.15) is 0 Å². The van der Waals surface area contributed by atoms with Gasteiger partial charge in [0, 0.05) is 29.5 Å². The fraction of sp³-hybridized carbons (Fsp3) is 0.250. The molecule has 2 aromatic rings. The van der Waals surface area contributed by atoms with Crippen LogP contribution < -0.4 is 0 Å². The van der Waals surface area contributed by atoms with Crippen LogP contribution in [0.3, 0.4) is 0 Å². The van der Waals surface area contributed by atoms with Gasteiger partial charge in [0.2, 0.25) is 0 Å². The summed E-state index contributed by atoms with van der Waals surface area (Å²) >= 11 is 6.11. The van der Waals surface area contributed by atoms with E-state index in [1.807, 2.05) is 41.3 Å². The molecule has 4 heteroatoms. The average molecular weight is 237 g/mol. The van der Waals surface area contributed by atoms with Crippen LogP contribution in [0.2, 0.25) is 5.02 Å². The van der Waals surface area contributed by atoms with Crippen molar-refractivity contribution in [3.63, 3.8) is 0 Å². The second kappa shape index (κ2) is 5.14. The summed E-state index contributed by atoms with van der Waals surface area (Å²) < 4.78 is 6.85. The minimum Gasteiger partial charge on any atom is -0.383 e. The Hall–Kier alpha value is -1.32. The number of rotatable bonds is 4. The summed E-state index contributed by atoms with van der Waals surface area (Å²) in [6, 6.07) is 7.75. The van der Waals surface area contributed by atoms with Crippen molar-refractivity contribution in [2.45, 2.75) is 6.54 Å². The Balaban J connectivity index is 2.22. The van der Waals surface area contributed by atoms with Gasteiger partial charge in [-0.2, -0.15) is 5.10 Å². The molecule has 0 radical (unpaired) electrons. The van der Waals surface area contributed by atoms with Crippen LogP contribution in [0.25, 0.3) is 11.1 Å². The number of ether oxygens (including phenoxy) is 1. The van der Waals surface area contributed by atoms with Crippen molar-refractivity contribution in [3.8, 4) is 11.1 Å². The summed E-state index contributed by atoms with van der Waals surface area (Å²) in [6.45, 7) is 1.41. The lowest BCUT2D eigenvalue weighted by molar-refractivity contribution is 0.183. The monoisotopic (exact) mass is 236 g/mol. The maximum absolute atomic E-state index is 6.11. The van der Waals surface area contributed by atoms with E-state index in [0.717, 1.165) is 22.7 Å². The van der Waals surface area contributed by atoms with E-state index in [2.05, 4.69) is 5.10 Å². The van der Waals surface area contributed by atoms with E-state index in [1.165, 1.54) is 0 Å². The van der Waals surface area contributed by atoms with Gasteiger partial charge in [-0.05, 0) is 6.07 Å². The lowest BCUT2D eigenvalue weighted by Gasteiger charge is -2.00. The third-order valence-corrected chi connectivity index (χ3v) is 2.67. The molecular formula is C12H13ClN2O. The van der Waals surface area contributed by atoms with Crippen molar-refractivity contribution in [2.75, 3.05) is 13.7 Å². The van der Waals surface area contributed by atoms with Crippen LogP contribution in [-0.4, -0.2) is 23.5 Å². The minimum absolute atomic E-state index is 0.656. The molecule has 0 aliphatic carbocycles. The maximum atomic E-state index is 6.11. The van der Waals surface area contributed by atoms with Gasteiger partial charge in [0.25, 0.3) is 0 Å². The molecule has 2 rings (SSSR count). The third-order valence-electron chi connectivity index (χ3n) is 2.34. The normalized spacial score (nSPS) is 10.6. The first-order valence-corrected chi connectivity index (χ1v) is 5.45. The van der Waals surface area contributed by atoms with Crippen molar-refractivity contribution in [3.05, 3.63) is 41.7 Å². The fourth-order valence-corrected chi connectivity index (χ4v) is 1.75. The highest BCUT2D eigenvalue weighted by Gasteiger charge is 2.04. The lowest BCUT2D eigenvalue weighted by Crippen LogP contribution is -2.03. The van der Waals surface area contributed by atoms with Gasteiger partial charge in [-0.25, -0.2) is 0 Å². The second-order valence-corrected chi connectivity index (χ2v) is 3.87. The van der Waals surface area contributed by atoms with Crippen molar-refractivity contribution in [2.24, 2.45) is 0 Å². The highest BCUT2D eigenvalue weighted by molar-refractivity contribution is 6.33. The molecule has 0 saturated heterocycles. The lowest BCUT2D eigenvalue weighted by atomic mass is 10.1. The van der Waals surface area contributed by atoms with Gasteiger partial charge < -0.3 is 4.74 Å². The maximum Gasteiger partial charge on any atom is 0.0658 e. The number of aromatic nitrogens is 2. The van der Waals surface area contributed by atoms with E-state index in [0.29, 0.717) is 6.61 Å². The molecule has 0 spiro atoms. The Bertz CT molecular complexity index is 468. The van der Waals surface area contributed by atoms with Gasteiger partial charge in [0.05, 0.1) is 19.3 Å². The van der Waals surface area contributed by atoms with Gasteiger partial charge >= 0.3 is 0 Å². The van der Waals surface area contributed by atoms with E-state index in [4.69, 9.17) is 16.3 Å². The number of halogens is 1. The van der Waals surface area contributed by atoms with Crippen LogP contribution in [0.4, 0.5) is 0 Å². The summed E-state index contributed by atoms with van der Waals surface area (Å²) in [5.41, 5.74) is 2.04. The number of hydrogen-bond donors (Lipinski definition) is 0. The van der Waals surface area contributed by atoms with E-state index in [9.17, 15) is 0 Å². The predicted octanol–water partition coefficient (Wildman–Crippen LogP) is 2.85. The van der Waals surface area contributed by atoms with Crippen LogP contribution in [0.1, 0.15) is 0 Å². The number of methoxy groups -OCH3 is 1. The molecule has 0 aliphatic rings. The van der Waals surface area contributed by atoms with Crippen LogP contribution in [-0.2, 0) is 11.3 Å². The summed E-state index contributed by atoms with van der Waals surface area (Å²) in [7, 11) is 1.68. The topological polar surface area (TPSA) is 27.1 Å². The van der Waals surface area contributed by atoms with E-state index < -0.39 is 0 Å². The molecule has 3 nitrogen and oxygen atoms in total. The van der Waals surface area contributed by atoms with Gasteiger partial charge in [0.15, 0.2) is 0 Å².